The molecule has 1 aliphatic carbocycles. The molecule has 0 atom stereocenters. The quantitative estimate of drug-likeness (QED) is 0.728. The fraction of sp³-hybridized carbons (Fsp3) is 0.400. The zero-order valence-corrected chi connectivity index (χ0v) is 14.2. The number of halogens is 3. The van der Waals surface area contributed by atoms with Gasteiger partial charge in [0.25, 0.3) is 0 Å². The maximum atomic E-state index is 12.2. The van der Waals surface area contributed by atoms with E-state index in [-0.39, 0.29) is 23.3 Å². The highest BCUT2D eigenvalue weighted by Crippen LogP contribution is 2.31. The van der Waals surface area contributed by atoms with Gasteiger partial charge in [-0.2, -0.15) is 0 Å². The fourth-order valence-corrected chi connectivity index (χ4v) is 3.35. The van der Waals surface area contributed by atoms with Crippen LogP contribution in [0.25, 0.3) is 10.2 Å². The van der Waals surface area contributed by atoms with Crippen molar-refractivity contribution in [2.24, 2.45) is 5.73 Å². The number of thiazole rings is 1. The SMILES string of the molecule is NC1(C(=O)NCC(=O)Nc2nc3ccc(OC(F)(F)F)cc3s2)CCC1. The van der Waals surface area contributed by atoms with E-state index in [0.29, 0.717) is 23.1 Å². The predicted molar refractivity (Wildman–Crippen MR) is 88.7 cm³/mol. The number of aromatic nitrogens is 1. The van der Waals surface area contributed by atoms with Gasteiger partial charge < -0.3 is 21.1 Å². The Labute approximate surface area is 149 Å². The molecule has 4 N–H and O–H groups in total. The van der Waals surface area contributed by atoms with E-state index in [2.05, 4.69) is 20.4 Å². The normalized spacial score (nSPS) is 16.0. The molecule has 7 nitrogen and oxygen atoms in total. The van der Waals surface area contributed by atoms with Crippen LogP contribution in [0, 0.1) is 0 Å². The van der Waals surface area contributed by atoms with Crippen molar-refractivity contribution in [2.75, 3.05) is 11.9 Å². The minimum absolute atomic E-state index is 0.203. The number of ether oxygens (including phenoxy) is 1. The summed E-state index contributed by atoms with van der Waals surface area (Å²) in [6.45, 7) is -0.268. The number of amides is 2. The number of anilines is 1. The Kier molecular flexibility index (Phi) is 4.76. The molecular weight excluding hydrogens is 373 g/mol. The van der Waals surface area contributed by atoms with Gasteiger partial charge in [-0.05, 0) is 31.4 Å². The average Bonchev–Trinajstić information content (AvgIpc) is 2.90. The molecule has 0 saturated heterocycles. The molecule has 1 aromatic carbocycles. The van der Waals surface area contributed by atoms with Crippen molar-refractivity contribution in [1.29, 1.82) is 0 Å². The summed E-state index contributed by atoms with van der Waals surface area (Å²) in [5.41, 5.74) is 5.37. The maximum absolute atomic E-state index is 12.2. The van der Waals surface area contributed by atoms with Crippen LogP contribution in [-0.2, 0) is 9.59 Å². The second kappa shape index (κ2) is 6.72. The molecule has 11 heteroatoms. The number of rotatable bonds is 5. The van der Waals surface area contributed by atoms with Gasteiger partial charge in [0, 0.05) is 6.07 Å². The Balaban J connectivity index is 1.59. The summed E-state index contributed by atoms with van der Waals surface area (Å²) in [5.74, 6) is -1.25. The minimum atomic E-state index is -4.78. The van der Waals surface area contributed by atoms with Crippen LogP contribution in [0.2, 0.25) is 0 Å². The third kappa shape index (κ3) is 4.22. The first-order valence-corrected chi connectivity index (χ1v) is 8.50. The van der Waals surface area contributed by atoms with Gasteiger partial charge in [-0.15, -0.1) is 13.2 Å². The van der Waals surface area contributed by atoms with E-state index in [9.17, 15) is 22.8 Å². The van der Waals surface area contributed by atoms with E-state index in [4.69, 9.17) is 5.73 Å². The van der Waals surface area contributed by atoms with Crippen molar-refractivity contribution in [1.82, 2.24) is 10.3 Å². The van der Waals surface area contributed by atoms with Crippen molar-refractivity contribution in [2.45, 2.75) is 31.2 Å². The topological polar surface area (TPSA) is 106 Å². The monoisotopic (exact) mass is 388 g/mol. The molecule has 140 valence electrons. The van der Waals surface area contributed by atoms with E-state index < -0.39 is 17.8 Å². The Morgan fingerprint density at radius 1 is 1.35 bits per heavy atom. The lowest BCUT2D eigenvalue weighted by Gasteiger charge is -2.36. The van der Waals surface area contributed by atoms with Crippen LogP contribution in [0.3, 0.4) is 0 Å². The second-order valence-electron chi connectivity index (χ2n) is 5.94. The van der Waals surface area contributed by atoms with E-state index in [1.807, 2.05) is 0 Å². The summed E-state index contributed by atoms with van der Waals surface area (Å²) in [7, 11) is 0. The molecule has 3 rings (SSSR count). The van der Waals surface area contributed by atoms with Crippen LogP contribution in [0.5, 0.6) is 5.75 Å². The Hall–Kier alpha value is -2.40. The molecule has 0 spiro atoms. The van der Waals surface area contributed by atoms with Crippen molar-refractivity contribution < 1.29 is 27.5 Å². The number of nitrogens with zero attached hydrogens (tertiary/aromatic N) is 1. The Bertz CT molecular complexity index is 848. The summed E-state index contributed by atoms with van der Waals surface area (Å²) in [4.78, 5) is 27.9. The number of nitrogens with one attached hydrogen (secondary N) is 2. The lowest BCUT2D eigenvalue weighted by molar-refractivity contribution is -0.274. The summed E-state index contributed by atoms with van der Waals surface area (Å²) in [6.07, 6.45) is -2.74. The van der Waals surface area contributed by atoms with Crippen LogP contribution in [0.15, 0.2) is 18.2 Å². The Morgan fingerprint density at radius 2 is 2.08 bits per heavy atom. The number of nitrogens with two attached hydrogens (primary N) is 1. The number of benzene rings is 1. The highest BCUT2D eigenvalue weighted by Gasteiger charge is 2.40. The summed E-state index contributed by atoms with van der Waals surface area (Å²) >= 11 is 0.993. The molecule has 0 radical (unpaired) electrons. The molecule has 0 bridgehead atoms. The van der Waals surface area contributed by atoms with Crippen LogP contribution in [-0.4, -0.2) is 35.2 Å². The number of alkyl halides is 3. The van der Waals surface area contributed by atoms with Crippen molar-refractivity contribution in [3.05, 3.63) is 18.2 Å². The number of carbonyl (C=O) groups excluding carboxylic acids is 2. The molecule has 2 aromatic rings. The number of fused-ring (bicyclic) bond motifs is 1. The fourth-order valence-electron chi connectivity index (χ4n) is 2.44. The first-order chi connectivity index (χ1) is 12.1. The first-order valence-electron chi connectivity index (χ1n) is 7.68. The highest BCUT2D eigenvalue weighted by molar-refractivity contribution is 7.22. The predicted octanol–water partition coefficient (Wildman–Crippen LogP) is 2.13. The molecule has 1 saturated carbocycles. The largest absolute Gasteiger partial charge is 0.573 e. The van der Waals surface area contributed by atoms with Gasteiger partial charge in [0.05, 0.1) is 22.3 Å². The molecule has 1 aliphatic rings. The van der Waals surface area contributed by atoms with Crippen molar-refractivity contribution in [3.8, 4) is 5.75 Å². The molecular formula is C15H15F3N4O3S. The smallest absolute Gasteiger partial charge is 0.406 e. The van der Waals surface area contributed by atoms with E-state index in [1.54, 1.807) is 0 Å². The number of hydrogen-bond donors (Lipinski definition) is 3. The summed E-state index contributed by atoms with van der Waals surface area (Å²) in [6, 6.07) is 3.69. The van der Waals surface area contributed by atoms with Crippen LogP contribution in [0.1, 0.15) is 19.3 Å². The molecule has 1 fully saturated rings. The lowest BCUT2D eigenvalue weighted by atomic mass is 9.77. The van der Waals surface area contributed by atoms with Crippen molar-refractivity contribution >= 4 is 38.5 Å². The van der Waals surface area contributed by atoms with Gasteiger partial charge >= 0.3 is 6.36 Å². The second-order valence-corrected chi connectivity index (χ2v) is 6.97. The Morgan fingerprint density at radius 3 is 2.69 bits per heavy atom. The zero-order chi connectivity index (χ0) is 18.9. The maximum Gasteiger partial charge on any atom is 0.573 e. The van der Waals surface area contributed by atoms with E-state index in [0.717, 1.165) is 23.8 Å². The minimum Gasteiger partial charge on any atom is -0.406 e. The zero-order valence-electron chi connectivity index (χ0n) is 13.4. The standard InChI is InChI=1S/C15H15F3N4O3S/c16-15(17,18)25-8-2-3-9-10(6-8)26-13(21-9)22-11(23)7-20-12(24)14(19)4-1-5-14/h2-3,6H,1,4-5,7,19H2,(H,20,24)(H,21,22,23). The first kappa shape index (κ1) is 18.4. The summed E-state index contributed by atoms with van der Waals surface area (Å²) < 4.78 is 41.0. The van der Waals surface area contributed by atoms with Gasteiger partial charge in [-0.3, -0.25) is 9.59 Å². The molecule has 1 heterocycles. The molecule has 26 heavy (non-hydrogen) atoms. The van der Waals surface area contributed by atoms with Gasteiger partial charge in [-0.25, -0.2) is 4.98 Å². The highest BCUT2D eigenvalue weighted by atomic mass is 32.1. The van der Waals surface area contributed by atoms with Gasteiger partial charge in [0.15, 0.2) is 5.13 Å². The number of hydrogen-bond acceptors (Lipinski definition) is 6. The third-order valence-electron chi connectivity index (χ3n) is 3.95. The third-order valence-corrected chi connectivity index (χ3v) is 4.88. The van der Waals surface area contributed by atoms with Gasteiger partial charge in [0.2, 0.25) is 11.8 Å². The van der Waals surface area contributed by atoms with Gasteiger partial charge in [0.1, 0.15) is 5.75 Å². The summed E-state index contributed by atoms with van der Waals surface area (Å²) in [5, 5.41) is 5.16. The van der Waals surface area contributed by atoms with E-state index >= 15 is 0 Å². The molecule has 0 unspecified atom stereocenters. The number of carbonyl (C=O) groups is 2. The van der Waals surface area contributed by atoms with Crippen molar-refractivity contribution in [3.63, 3.8) is 0 Å². The van der Waals surface area contributed by atoms with Crippen LogP contribution >= 0.6 is 11.3 Å². The van der Waals surface area contributed by atoms with Gasteiger partial charge in [-0.1, -0.05) is 11.3 Å². The van der Waals surface area contributed by atoms with Crippen LogP contribution < -0.4 is 21.1 Å². The molecule has 0 aliphatic heterocycles. The molecule has 2 amide bonds. The lowest BCUT2D eigenvalue weighted by Crippen LogP contribution is -2.59. The average molecular weight is 388 g/mol. The van der Waals surface area contributed by atoms with E-state index in [1.165, 1.54) is 12.1 Å². The molecule has 1 aromatic heterocycles. The van der Waals surface area contributed by atoms with Crippen LogP contribution in [0.4, 0.5) is 18.3 Å².